The van der Waals surface area contributed by atoms with E-state index in [2.05, 4.69) is 15.3 Å². The van der Waals surface area contributed by atoms with Gasteiger partial charge in [-0.1, -0.05) is 6.92 Å². The van der Waals surface area contributed by atoms with Gasteiger partial charge in [0.25, 0.3) is 0 Å². The van der Waals surface area contributed by atoms with E-state index in [4.69, 9.17) is 5.11 Å². The molecule has 5 heteroatoms. The second-order valence-electron chi connectivity index (χ2n) is 3.59. The maximum atomic E-state index is 10.3. The van der Waals surface area contributed by atoms with Crippen LogP contribution in [0.2, 0.25) is 0 Å². The molecule has 1 aromatic rings. The number of hydrogen-bond acceptors (Lipinski definition) is 4. The number of nitrogens with one attached hydrogen (secondary N) is 1. The van der Waals surface area contributed by atoms with E-state index in [1.807, 2.05) is 19.9 Å². The smallest absolute Gasteiger partial charge is 0.303 e. The SMILES string of the molecule is CCc1nc(C)cc(NCCCC(=O)O)n1. The van der Waals surface area contributed by atoms with Gasteiger partial charge >= 0.3 is 5.97 Å². The molecule has 0 atom stereocenters. The maximum absolute atomic E-state index is 10.3. The van der Waals surface area contributed by atoms with Crippen molar-refractivity contribution < 1.29 is 9.90 Å². The van der Waals surface area contributed by atoms with Crippen molar-refractivity contribution in [2.24, 2.45) is 0 Å². The van der Waals surface area contributed by atoms with Crippen LogP contribution in [0.25, 0.3) is 0 Å². The van der Waals surface area contributed by atoms with Crippen LogP contribution in [0, 0.1) is 6.92 Å². The van der Waals surface area contributed by atoms with E-state index in [0.29, 0.717) is 13.0 Å². The zero-order valence-corrected chi connectivity index (χ0v) is 9.66. The van der Waals surface area contributed by atoms with Crippen molar-refractivity contribution in [2.75, 3.05) is 11.9 Å². The molecule has 1 heterocycles. The first-order valence-electron chi connectivity index (χ1n) is 5.42. The van der Waals surface area contributed by atoms with Crippen molar-refractivity contribution in [2.45, 2.75) is 33.1 Å². The molecule has 5 nitrogen and oxygen atoms in total. The number of carbonyl (C=O) groups is 1. The Labute approximate surface area is 94.9 Å². The van der Waals surface area contributed by atoms with Crippen LogP contribution >= 0.6 is 0 Å². The zero-order chi connectivity index (χ0) is 12.0. The van der Waals surface area contributed by atoms with E-state index < -0.39 is 5.97 Å². The summed E-state index contributed by atoms with van der Waals surface area (Å²) >= 11 is 0. The van der Waals surface area contributed by atoms with Gasteiger partial charge in [-0.3, -0.25) is 4.79 Å². The van der Waals surface area contributed by atoms with Gasteiger partial charge in [0.05, 0.1) is 0 Å². The van der Waals surface area contributed by atoms with Gasteiger partial charge < -0.3 is 10.4 Å². The molecule has 0 saturated heterocycles. The van der Waals surface area contributed by atoms with E-state index in [-0.39, 0.29) is 6.42 Å². The number of nitrogens with zero attached hydrogens (tertiary/aromatic N) is 2. The Kier molecular flexibility index (Phi) is 4.69. The Morgan fingerprint density at radius 1 is 1.50 bits per heavy atom. The van der Waals surface area contributed by atoms with Crippen molar-refractivity contribution in [3.63, 3.8) is 0 Å². The van der Waals surface area contributed by atoms with Crippen LogP contribution in [0.5, 0.6) is 0 Å². The van der Waals surface area contributed by atoms with Crippen LogP contribution in [-0.4, -0.2) is 27.6 Å². The highest BCUT2D eigenvalue weighted by atomic mass is 16.4. The number of anilines is 1. The van der Waals surface area contributed by atoms with Crippen molar-refractivity contribution in [1.29, 1.82) is 0 Å². The summed E-state index contributed by atoms with van der Waals surface area (Å²) in [7, 11) is 0. The van der Waals surface area contributed by atoms with E-state index in [0.717, 1.165) is 23.8 Å². The Hall–Kier alpha value is -1.65. The Morgan fingerprint density at radius 2 is 2.25 bits per heavy atom. The number of aliphatic carboxylic acids is 1. The summed E-state index contributed by atoms with van der Waals surface area (Å²) < 4.78 is 0. The Morgan fingerprint density at radius 3 is 2.88 bits per heavy atom. The number of aryl methyl sites for hydroxylation is 2. The highest BCUT2D eigenvalue weighted by Gasteiger charge is 2.01. The number of rotatable bonds is 6. The lowest BCUT2D eigenvalue weighted by atomic mass is 10.3. The topological polar surface area (TPSA) is 75.1 Å². The molecule has 0 spiro atoms. The van der Waals surface area contributed by atoms with Gasteiger partial charge in [0.1, 0.15) is 11.6 Å². The van der Waals surface area contributed by atoms with E-state index in [9.17, 15) is 4.79 Å². The van der Waals surface area contributed by atoms with Crippen molar-refractivity contribution in [3.05, 3.63) is 17.6 Å². The number of carboxylic acid groups (broad SMARTS) is 1. The summed E-state index contributed by atoms with van der Waals surface area (Å²) in [6.07, 6.45) is 1.57. The number of carboxylic acids is 1. The van der Waals surface area contributed by atoms with Gasteiger partial charge in [0.15, 0.2) is 0 Å². The minimum Gasteiger partial charge on any atom is -0.481 e. The summed E-state index contributed by atoms with van der Waals surface area (Å²) in [4.78, 5) is 18.9. The highest BCUT2D eigenvalue weighted by molar-refractivity contribution is 5.66. The molecule has 2 N–H and O–H groups in total. The number of hydrogen-bond donors (Lipinski definition) is 2. The predicted molar refractivity (Wildman–Crippen MR) is 61.5 cm³/mol. The van der Waals surface area contributed by atoms with Crippen LogP contribution in [0.1, 0.15) is 31.3 Å². The lowest BCUT2D eigenvalue weighted by Crippen LogP contribution is -2.08. The first-order chi connectivity index (χ1) is 7.61. The quantitative estimate of drug-likeness (QED) is 0.717. The molecule has 0 aliphatic heterocycles. The lowest BCUT2D eigenvalue weighted by Gasteiger charge is -2.06. The number of aromatic nitrogens is 2. The molecule has 16 heavy (non-hydrogen) atoms. The van der Waals surface area contributed by atoms with Crippen molar-refractivity contribution >= 4 is 11.8 Å². The highest BCUT2D eigenvalue weighted by Crippen LogP contribution is 2.06. The molecule has 0 saturated carbocycles. The third kappa shape index (κ3) is 4.25. The third-order valence-corrected chi connectivity index (χ3v) is 2.09. The van der Waals surface area contributed by atoms with Crippen molar-refractivity contribution in [3.8, 4) is 0 Å². The van der Waals surface area contributed by atoms with Crippen LogP contribution in [0.3, 0.4) is 0 Å². The largest absolute Gasteiger partial charge is 0.481 e. The van der Waals surface area contributed by atoms with Gasteiger partial charge in [-0.15, -0.1) is 0 Å². The average Bonchev–Trinajstić information content (AvgIpc) is 2.23. The summed E-state index contributed by atoms with van der Waals surface area (Å²) in [6, 6.07) is 1.86. The molecule has 0 fully saturated rings. The van der Waals surface area contributed by atoms with Crippen molar-refractivity contribution in [1.82, 2.24) is 9.97 Å². The van der Waals surface area contributed by atoms with Gasteiger partial charge in [-0.2, -0.15) is 0 Å². The van der Waals surface area contributed by atoms with Crippen LogP contribution in [-0.2, 0) is 11.2 Å². The van der Waals surface area contributed by atoms with E-state index in [1.165, 1.54) is 0 Å². The lowest BCUT2D eigenvalue weighted by molar-refractivity contribution is -0.137. The molecule has 0 aromatic carbocycles. The molecule has 0 radical (unpaired) electrons. The Bertz CT molecular complexity index is 366. The third-order valence-electron chi connectivity index (χ3n) is 2.09. The van der Waals surface area contributed by atoms with Gasteiger partial charge in [-0.05, 0) is 13.3 Å². The summed E-state index contributed by atoms with van der Waals surface area (Å²) in [6.45, 7) is 4.54. The molecule has 1 aromatic heterocycles. The fourth-order valence-corrected chi connectivity index (χ4v) is 1.33. The normalized spacial score (nSPS) is 10.1. The van der Waals surface area contributed by atoms with Crippen LogP contribution < -0.4 is 5.32 Å². The summed E-state index contributed by atoms with van der Waals surface area (Å²) in [5.41, 5.74) is 0.924. The van der Waals surface area contributed by atoms with Gasteiger partial charge in [0, 0.05) is 31.1 Å². The molecular formula is C11H17N3O2. The van der Waals surface area contributed by atoms with E-state index >= 15 is 0 Å². The minimum absolute atomic E-state index is 0.178. The second-order valence-corrected chi connectivity index (χ2v) is 3.59. The van der Waals surface area contributed by atoms with Crippen LogP contribution in [0.15, 0.2) is 6.07 Å². The fourth-order valence-electron chi connectivity index (χ4n) is 1.33. The molecule has 0 aliphatic rings. The fraction of sp³-hybridized carbons (Fsp3) is 0.545. The molecular weight excluding hydrogens is 206 g/mol. The molecule has 1 rings (SSSR count). The molecule has 0 amide bonds. The van der Waals surface area contributed by atoms with Gasteiger partial charge in [0.2, 0.25) is 0 Å². The van der Waals surface area contributed by atoms with Crippen LogP contribution in [0.4, 0.5) is 5.82 Å². The summed E-state index contributed by atoms with van der Waals surface area (Å²) in [5, 5.41) is 11.6. The van der Waals surface area contributed by atoms with Gasteiger partial charge in [-0.25, -0.2) is 9.97 Å². The first-order valence-corrected chi connectivity index (χ1v) is 5.42. The average molecular weight is 223 g/mol. The minimum atomic E-state index is -0.769. The Balaban J connectivity index is 2.47. The molecule has 0 unspecified atom stereocenters. The standard InChI is InChI=1S/C11H17N3O2/c1-3-9-13-8(2)7-10(14-9)12-6-4-5-11(15)16/h7H,3-6H2,1-2H3,(H,15,16)(H,12,13,14). The molecule has 0 bridgehead atoms. The maximum Gasteiger partial charge on any atom is 0.303 e. The zero-order valence-electron chi connectivity index (χ0n) is 9.66. The predicted octanol–water partition coefficient (Wildman–Crippen LogP) is 1.62. The van der Waals surface area contributed by atoms with E-state index in [1.54, 1.807) is 0 Å². The molecule has 0 aliphatic carbocycles. The molecule has 88 valence electrons. The first kappa shape index (κ1) is 12.4. The summed E-state index contributed by atoms with van der Waals surface area (Å²) in [5.74, 6) is 0.811. The second kappa shape index (κ2) is 6.05. The monoisotopic (exact) mass is 223 g/mol.